The molecular formula is C17H15F3N2O2. The monoisotopic (exact) mass is 336 g/mol. The lowest BCUT2D eigenvalue weighted by molar-refractivity contribution is -0.137. The van der Waals surface area contributed by atoms with Crippen molar-refractivity contribution in [3.05, 3.63) is 65.2 Å². The van der Waals surface area contributed by atoms with Crippen LogP contribution < -0.4 is 10.6 Å². The van der Waals surface area contributed by atoms with Gasteiger partial charge in [-0.3, -0.25) is 9.59 Å². The number of carbonyl (C=O) groups is 2. The number of nitrogens with one attached hydrogen (secondary N) is 2. The van der Waals surface area contributed by atoms with Crippen LogP contribution in [0.15, 0.2) is 48.5 Å². The molecule has 0 saturated heterocycles. The molecule has 0 bridgehead atoms. The van der Waals surface area contributed by atoms with Gasteiger partial charge in [0.1, 0.15) is 0 Å². The summed E-state index contributed by atoms with van der Waals surface area (Å²) in [5.41, 5.74) is 0.460. The number of aryl methyl sites for hydroxylation is 1. The maximum Gasteiger partial charge on any atom is 0.416 e. The third-order valence-corrected chi connectivity index (χ3v) is 3.16. The number of rotatable bonds is 4. The summed E-state index contributed by atoms with van der Waals surface area (Å²) in [5, 5.41) is 4.89. The van der Waals surface area contributed by atoms with Gasteiger partial charge in [-0.1, -0.05) is 18.2 Å². The zero-order valence-corrected chi connectivity index (χ0v) is 12.8. The van der Waals surface area contributed by atoms with Crippen molar-refractivity contribution in [3.63, 3.8) is 0 Å². The molecular weight excluding hydrogens is 321 g/mol. The van der Waals surface area contributed by atoms with Crippen molar-refractivity contribution in [1.82, 2.24) is 5.32 Å². The van der Waals surface area contributed by atoms with Crippen LogP contribution in [0.25, 0.3) is 0 Å². The minimum absolute atomic E-state index is 0.159. The van der Waals surface area contributed by atoms with Gasteiger partial charge in [-0.25, -0.2) is 0 Å². The Morgan fingerprint density at radius 3 is 2.42 bits per heavy atom. The molecule has 126 valence electrons. The number of hydrogen-bond donors (Lipinski definition) is 2. The first kappa shape index (κ1) is 17.5. The molecule has 2 aromatic rings. The topological polar surface area (TPSA) is 58.2 Å². The van der Waals surface area contributed by atoms with Crippen molar-refractivity contribution in [2.24, 2.45) is 0 Å². The number of hydrogen-bond acceptors (Lipinski definition) is 2. The Labute approximate surface area is 136 Å². The minimum Gasteiger partial charge on any atom is -0.343 e. The van der Waals surface area contributed by atoms with E-state index in [0.29, 0.717) is 5.69 Å². The van der Waals surface area contributed by atoms with Crippen molar-refractivity contribution in [1.29, 1.82) is 0 Å². The van der Waals surface area contributed by atoms with Crippen molar-refractivity contribution in [2.75, 3.05) is 11.9 Å². The first-order chi connectivity index (χ1) is 11.3. The highest BCUT2D eigenvalue weighted by molar-refractivity contribution is 5.99. The number of anilines is 1. The van der Waals surface area contributed by atoms with Crippen LogP contribution in [-0.2, 0) is 11.0 Å². The highest BCUT2D eigenvalue weighted by Gasteiger charge is 2.30. The molecule has 0 saturated carbocycles. The largest absolute Gasteiger partial charge is 0.416 e. The molecule has 4 nitrogen and oxygen atoms in total. The molecule has 2 rings (SSSR count). The Kier molecular flexibility index (Phi) is 5.23. The lowest BCUT2D eigenvalue weighted by atomic mass is 10.1. The molecule has 2 N–H and O–H groups in total. The highest BCUT2D eigenvalue weighted by atomic mass is 19.4. The zero-order chi connectivity index (χ0) is 17.7. The molecule has 0 atom stereocenters. The van der Waals surface area contributed by atoms with E-state index in [2.05, 4.69) is 10.6 Å². The molecule has 0 aliphatic carbocycles. The molecule has 0 unspecified atom stereocenters. The SMILES string of the molecule is Cc1cccc(NC(=O)CNC(=O)c2cccc(C(F)(F)F)c2)c1. The van der Waals surface area contributed by atoms with Crippen LogP contribution in [0.3, 0.4) is 0 Å². The van der Waals surface area contributed by atoms with E-state index in [0.717, 1.165) is 23.8 Å². The van der Waals surface area contributed by atoms with Crippen molar-refractivity contribution < 1.29 is 22.8 Å². The Morgan fingerprint density at radius 1 is 1.04 bits per heavy atom. The quantitative estimate of drug-likeness (QED) is 0.899. The van der Waals surface area contributed by atoms with Crippen molar-refractivity contribution >= 4 is 17.5 Å². The molecule has 0 aromatic heterocycles. The predicted octanol–water partition coefficient (Wildman–Crippen LogP) is 3.38. The summed E-state index contributed by atoms with van der Waals surface area (Å²) in [6.45, 7) is 1.52. The third kappa shape index (κ3) is 4.84. The molecule has 24 heavy (non-hydrogen) atoms. The molecule has 0 spiro atoms. The molecule has 0 aliphatic rings. The summed E-state index contributed by atoms with van der Waals surface area (Å²) in [5.74, 6) is -1.22. The van der Waals surface area contributed by atoms with E-state index in [1.54, 1.807) is 18.2 Å². The number of carbonyl (C=O) groups excluding carboxylic acids is 2. The Balaban J connectivity index is 1.94. The molecule has 0 radical (unpaired) electrons. The first-order valence-electron chi connectivity index (χ1n) is 7.08. The van der Waals surface area contributed by atoms with Crippen LogP contribution in [0.4, 0.5) is 18.9 Å². The highest BCUT2D eigenvalue weighted by Crippen LogP contribution is 2.29. The molecule has 0 fully saturated rings. The van der Waals surface area contributed by atoms with E-state index >= 15 is 0 Å². The van der Waals surface area contributed by atoms with Gasteiger partial charge in [0.15, 0.2) is 0 Å². The average Bonchev–Trinajstić information content (AvgIpc) is 2.52. The maximum absolute atomic E-state index is 12.6. The normalized spacial score (nSPS) is 11.0. The second kappa shape index (κ2) is 7.16. The number of amides is 2. The fourth-order valence-electron chi connectivity index (χ4n) is 2.03. The van der Waals surface area contributed by atoms with E-state index in [1.807, 2.05) is 13.0 Å². The smallest absolute Gasteiger partial charge is 0.343 e. The van der Waals surface area contributed by atoms with Gasteiger partial charge < -0.3 is 10.6 Å². The molecule has 0 heterocycles. The van der Waals surface area contributed by atoms with Crippen molar-refractivity contribution in [2.45, 2.75) is 13.1 Å². The van der Waals surface area contributed by atoms with Crippen LogP contribution in [-0.4, -0.2) is 18.4 Å². The fourth-order valence-corrected chi connectivity index (χ4v) is 2.03. The van der Waals surface area contributed by atoms with E-state index in [-0.39, 0.29) is 12.1 Å². The van der Waals surface area contributed by atoms with E-state index in [4.69, 9.17) is 0 Å². The Morgan fingerprint density at radius 2 is 1.75 bits per heavy atom. The van der Waals surface area contributed by atoms with E-state index < -0.39 is 23.6 Å². The second-order valence-corrected chi connectivity index (χ2v) is 5.18. The lowest BCUT2D eigenvalue weighted by Gasteiger charge is -2.10. The van der Waals surface area contributed by atoms with Crippen LogP contribution in [0.1, 0.15) is 21.5 Å². The van der Waals surface area contributed by atoms with Crippen molar-refractivity contribution in [3.8, 4) is 0 Å². The van der Waals surface area contributed by atoms with Gasteiger partial charge in [0, 0.05) is 11.3 Å². The summed E-state index contributed by atoms with van der Waals surface area (Å²) in [6.07, 6.45) is -4.53. The van der Waals surface area contributed by atoms with Crippen LogP contribution >= 0.6 is 0 Å². The minimum atomic E-state index is -4.53. The van der Waals surface area contributed by atoms with Crippen LogP contribution in [0.2, 0.25) is 0 Å². The number of benzene rings is 2. The third-order valence-electron chi connectivity index (χ3n) is 3.16. The number of alkyl halides is 3. The van der Waals surface area contributed by atoms with Gasteiger partial charge in [-0.2, -0.15) is 13.2 Å². The summed E-state index contributed by atoms with van der Waals surface area (Å²) in [6, 6.07) is 11.1. The summed E-state index contributed by atoms with van der Waals surface area (Å²) >= 11 is 0. The van der Waals surface area contributed by atoms with Crippen LogP contribution in [0.5, 0.6) is 0 Å². The van der Waals surface area contributed by atoms with Gasteiger partial charge in [-0.15, -0.1) is 0 Å². The summed E-state index contributed by atoms with van der Waals surface area (Å²) in [4.78, 5) is 23.7. The van der Waals surface area contributed by atoms with Gasteiger partial charge in [-0.05, 0) is 42.8 Å². The number of halogens is 3. The lowest BCUT2D eigenvalue weighted by Crippen LogP contribution is -2.33. The molecule has 0 aliphatic heterocycles. The van der Waals surface area contributed by atoms with E-state index in [1.165, 1.54) is 6.07 Å². The summed E-state index contributed by atoms with van der Waals surface area (Å²) < 4.78 is 37.9. The molecule has 2 aromatic carbocycles. The predicted molar refractivity (Wildman–Crippen MR) is 83.6 cm³/mol. The summed E-state index contributed by atoms with van der Waals surface area (Å²) in [7, 11) is 0. The van der Waals surface area contributed by atoms with Gasteiger partial charge in [0.05, 0.1) is 12.1 Å². The molecule has 2 amide bonds. The average molecular weight is 336 g/mol. The van der Waals surface area contributed by atoms with Crippen LogP contribution in [0, 0.1) is 6.92 Å². The first-order valence-corrected chi connectivity index (χ1v) is 7.08. The van der Waals surface area contributed by atoms with Gasteiger partial charge in [0.25, 0.3) is 5.91 Å². The van der Waals surface area contributed by atoms with Gasteiger partial charge in [0.2, 0.25) is 5.91 Å². The standard InChI is InChI=1S/C17H15F3N2O2/c1-11-4-2-7-14(8-11)22-15(23)10-21-16(24)12-5-3-6-13(9-12)17(18,19)20/h2-9H,10H2,1H3,(H,21,24)(H,22,23). The Hall–Kier alpha value is -2.83. The molecule has 7 heteroatoms. The van der Waals surface area contributed by atoms with Gasteiger partial charge >= 0.3 is 6.18 Å². The second-order valence-electron chi connectivity index (χ2n) is 5.18. The fraction of sp³-hybridized carbons (Fsp3) is 0.176. The maximum atomic E-state index is 12.6. The van der Waals surface area contributed by atoms with E-state index in [9.17, 15) is 22.8 Å². The Bertz CT molecular complexity index is 757. The zero-order valence-electron chi connectivity index (χ0n) is 12.8.